The van der Waals surface area contributed by atoms with Gasteiger partial charge in [-0.1, -0.05) is 12.1 Å². The predicted molar refractivity (Wildman–Crippen MR) is 85.9 cm³/mol. The van der Waals surface area contributed by atoms with E-state index in [4.69, 9.17) is 4.74 Å². The molecule has 1 aromatic carbocycles. The summed E-state index contributed by atoms with van der Waals surface area (Å²) in [5, 5.41) is 10.3. The molecule has 1 aliphatic heterocycles. The van der Waals surface area contributed by atoms with Crippen LogP contribution in [0.2, 0.25) is 0 Å². The fraction of sp³-hybridized carbons (Fsp3) is 0.647. The number of aryl methyl sites for hydroxylation is 1. The summed E-state index contributed by atoms with van der Waals surface area (Å²) in [6, 6.07) is 8.57. The number of aliphatic hydroxyl groups excluding tert-OH is 1. The first-order valence-corrected chi connectivity index (χ1v) is 7.78. The second-order valence-electron chi connectivity index (χ2n) is 6.17. The molecule has 0 aliphatic carbocycles. The molecule has 21 heavy (non-hydrogen) atoms. The maximum Gasteiger partial charge on any atom is 0.118 e. The van der Waals surface area contributed by atoms with E-state index < -0.39 is 0 Å². The van der Waals surface area contributed by atoms with E-state index in [1.807, 2.05) is 12.1 Å². The molecular weight excluding hydrogens is 264 g/mol. The fourth-order valence-corrected chi connectivity index (χ4v) is 2.91. The molecule has 2 unspecified atom stereocenters. The number of nitrogens with zero attached hydrogens (tertiary/aromatic N) is 2. The molecule has 0 amide bonds. The van der Waals surface area contributed by atoms with E-state index in [9.17, 15) is 5.11 Å². The summed E-state index contributed by atoms with van der Waals surface area (Å²) in [5.41, 5.74) is 1.25. The zero-order valence-electron chi connectivity index (χ0n) is 13.5. The van der Waals surface area contributed by atoms with Crippen LogP contribution < -0.4 is 4.74 Å². The average Bonchev–Trinajstić information content (AvgIpc) is 2.49. The minimum atomic E-state index is -0.231. The molecule has 2 rings (SSSR count). The molecule has 118 valence electrons. The number of methoxy groups -OCH3 is 1. The summed E-state index contributed by atoms with van der Waals surface area (Å²) in [7, 11) is 5.99. The lowest BCUT2D eigenvalue weighted by molar-refractivity contribution is 0.0606. The van der Waals surface area contributed by atoms with Crippen molar-refractivity contribution in [3.05, 3.63) is 29.8 Å². The zero-order chi connectivity index (χ0) is 15.2. The third kappa shape index (κ3) is 4.99. The number of benzene rings is 1. The second-order valence-corrected chi connectivity index (χ2v) is 6.17. The van der Waals surface area contributed by atoms with E-state index in [0.717, 1.165) is 44.6 Å². The van der Waals surface area contributed by atoms with Gasteiger partial charge in [-0.05, 0) is 51.1 Å². The van der Waals surface area contributed by atoms with Crippen LogP contribution in [0, 0.1) is 0 Å². The number of ether oxygens (including phenoxy) is 1. The molecule has 0 saturated carbocycles. The SMILES string of the molecule is COc1ccc(CCC(O)CC2CN(C)CCN2C)cc1. The summed E-state index contributed by atoms with van der Waals surface area (Å²) in [5.74, 6) is 0.881. The molecule has 1 saturated heterocycles. The number of rotatable bonds is 6. The minimum absolute atomic E-state index is 0.231. The summed E-state index contributed by atoms with van der Waals surface area (Å²) in [6.45, 7) is 3.26. The molecule has 0 bridgehead atoms. The standard InChI is InChI=1S/C17H28N2O2/c1-18-10-11-19(2)15(13-18)12-16(20)7-4-14-5-8-17(21-3)9-6-14/h5-6,8-9,15-16,20H,4,7,10-13H2,1-3H3. The Morgan fingerprint density at radius 2 is 1.95 bits per heavy atom. The lowest BCUT2D eigenvalue weighted by Gasteiger charge is -2.38. The lowest BCUT2D eigenvalue weighted by Crippen LogP contribution is -2.51. The van der Waals surface area contributed by atoms with Crippen LogP contribution in [0.4, 0.5) is 0 Å². The van der Waals surface area contributed by atoms with E-state index in [-0.39, 0.29) is 6.10 Å². The van der Waals surface area contributed by atoms with Gasteiger partial charge in [0.05, 0.1) is 13.2 Å². The van der Waals surface area contributed by atoms with Crippen molar-refractivity contribution in [3.63, 3.8) is 0 Å². The van der Waals surface area contributed by atoms with Crippen molar-refractivity contribution in [2.24, 2.45) is 0 Å². The summed E-state index contributed by atoms with van der Waals surface area (Å²) < 4.78 is 5.16. The van der Waals surface area contributed by atoms with E-state index >= 15 is 0 Å². The van der Waals surface area contributed by atoms with E-state index in [2.05, 4.69) is 36.0 Å². The first-order valence-electron chi connectivity index (χ1n) is 7.78. The van der Waals surface area contributed by atoms with Gasteiger partial charge in [-0.3, -0.25) is 0 Å². The van der Waals surface area contributed by atoms with Gasteiger partial charge in [0.1, 0.15) is 5.75 Å². The van der Waals surface area contributed by atoms with Crippen molar-refractivity contribution in [2.75, 3.05) is 40.8 Å². The monoisotopic (exact) mass is 292 g/mol. The van der Waals surface area contributed by atoms with Crippen LogP contribution in [-0.4, -0.2) is 67.9 Å². The van der Waals surface area contributed by atoms with Crippen LogP contribution in [0.5, 0.6) is 5.75 Å². The van der Waals surface area contributed by atoms with Gasteiger partial charge in [0.15, 0.2) is 0 Å². The highest BCUT2D eigenvalue weighted by Gasteiger charge is 2.24. The van der Waals surface area contributed by atoms with E-state index in [1.165, 1.54) is 5.56 Å². The minimum Gasteiger partial charge on any atom is -0.497 e. The molecule has 0 spiro atoms. The van der Waals surface area contributed by atoms with Crippen molar-refractivity contribution in [1.82, 2.24) is 9.80 Å². The molecule has 0 radical (unpaired) electrons. The lowest BCUT2D eigenvalue weighted by atomic mass is 9.99. The van der Waals surface area contributed by atoms with Crippen molar-refractivity contribution in [2.45, 2.75) is 31.4 Å². The maximum absolute atomic E-state index is 10.3. The average molecular weight is 292 g/mol. The Hall–Kier alpha value is -1.10. The second kappa shape index (κ2) is 7.78. The highest BCUT2D eigenvalue weighted by Crippen LogP contribution is 2.17. The zero-order valence-corrected chi connectivity index (χ0v) is 13.5. The van der Waals surface area contributed by atoms with Gasteiger partial charge in [-0.15, -0.1) is 0 Å². The fourth-order valence-electron chi connectivity index (χ4n) is 2.91. The number of likely N-dealkylation sites (N-methyl/N-ethyl adjacent to an activating group) is 2. The third-order valence-corrected chi connectivity index (χ3v) is 4.45. The highest BCUT2D eigenvalue weighted by atomic mass is 16.5. The maximum atomic E-state index is 10.3. The van der Waals surface area contributed by atoms with E-state index in [1.54, 1.807) is 7.11 Å². The first kappa shape index (κ1) is 16.3. The Bertz CT molecular complexity index is 421. The van der Waals surface area contributed by atoms with Gasteiger partial charge in [0, 0.05) is 25.7 Å². The van der Waals surface area contributed by atoms with Crippen molar-refractivity contribution in [3.8, 4) is 5.75 Å². The van der Waals surface area contributed by atoms with Crippen LogP contribution in [0.3, 0.4) is 0 Å². The topological polar surface area (TPSA) is 35.9 Å². The summed E-state index contributed by atoms with van der Waals surface area (Å²) in [4.78, 5) is 4.72. The van der Waals surface area contributed by atoms with Gasteiger partial charge in [0.2, 0.25) is 0 Å². The molecule has 4 nitrogen and oxygen atoms in total. The van der Waals surface area contributed by atoms with Gasteiger partial charge < -0.3 is 19.6 Å². The molecule has 4 heteroatoms. The number of hydrogen-bond donors (Lipinski definition) is 1. The summed E-state index contributed by atoms with van der Waals surface area (Å²) >= 11 is 0. The molecule has 1 aromatic rings. The van der Waals surface area contributed by atoms with Crippen LogP contribution in [0.1, 0.15) is 18.4 Å². The number of piperazine rings is 1. The highest BCUT2D eigenvalue weighted by molar-refractivity contribution is 5.27. The van der Waals surface area contributed by atoms with Crippen molar-refractivity contribution in [1.29, 1.82) is 0 Å². The molecule has 2 atom stereocenters. The first-order chi connectivity index (χ1) is 10.1. The van der Waals surface area contributed by atoms with Gasteiger partial charge in [-0.2, -0.15) is 0 Å². The van der Waals surface area contributed by atoms with E-state index in [0.29, 0.717) is 6.04 Å². The Morgan fingerprint density at radius 3 is 2.62 bits per heavy atom. The Balaban J connectivity index is 1.77. The van der Waals surface area contributed by atoms with Crippen molar-refractivity contribution < 1.29 is 9.84 Å². The molecule has 1 N–H and O–H groups in total. The quantitative estimate of drug-likeness (QED) is 0.864. The predicted octanol–water partition coefficient (Wildman–Crippen LogP) is 1.62. The van der Waals surface area contributed by atoms with Crippen LogP contribution >= 0.6 is 0 Å². The third-order valence-electron chi connectivity index (χ3n) is 4.45. The smallest absolute Gasteiger partial charge is 0.118 e. The molecule has 0 aromatic heterocycles. The van der Waals surface area contributed by atoms with Crippen LogP contribution in [-0.2, 0) is 6.42 Å². The molecule has 1 aliphatic rings. The largest absolute Gasteiger partial charge is 0.497 e. The number of aliphatic hydroxyl groups is 1. The van der Waals surface area contributed by atoms with Crippen LogP contribution in [0.15, 0.2) is 24.3 Å². The van der Waals surface area contributed by atoms with Gasteiger partial charge >= 0.3 is 0 Å². The molecular formula is C17H28N2O2. The van der Waals surface area contributed by atoms with Crippen molar-refractivity contribution >= 4 is 0 Å². The molecule has 1 fully saturated rings. The Morgan fingerprint density at radius 1 is 1.24 bits per heavy atom. The Kier molecular flexibility index (Phi) is 6.03. The normalized spacial score (nSPS) is 22.2. The number of hydrogen-bond acceptors (Lipinski definition) is 4. The van der Waals surface area contributed by atoms with Crippen LogP contribution in [0.25, 0.3) is 0 Å². The van der Waals surface area contributed by atoms with Gasteiger partial charge in [-0.25, -0.2) is 0 Å². The Labute approximate surface area is 128 Å². The van der Waals surface area contributed by atoms with Gasteiger partial charge in [0.25, 0.3) is 0 Å². The molecule has 1 heterocycles. The summed E-state index contributed by atoms with van der Waals surface area (Å²) in [6.07, 6.45) is 2.36.